The Labute approximate surface area is 158 Å². The zero-order valence-corrected chi connectivity index (χ0v) is 16.0. The Balaban J connectivity index is 0.00000104. The topological polar surface area (TPSA) is 26.7 Å². The summed E-state index contributed by atoms with van der Waals surface area (Å²) in [7, 11) is 0. The average Bonchev–Trinajstić information content (AvgIpc) is 2.98. The van der Waals surface area contributed by atoms with Crippen molar-refractivity contribution < 1.29 is 5.11 Å². The van der Waals surface area contributed by atoms with Crippen LogP contribution in [0.15, 0.2) is 18.2 Å². The van der Waals surface area contributed by atoms with Crippen LogP contribution in [0.25, 0.3) is 0 Å². The van der Waals surface area contributed by atoms with Crippen molar-refractivity contribution in [1.29, 1.82) is 0 Å². The average molecular weight is 373 g/mol. The predicted octanol–water partition coefficient (Wildman–Crippen LogP) is 3.83. The molecule has 2 aliphatic heterocycles. The molecule has 0 spiro atoms. The van der Waals surface area contributed by atoms with Crippen molar-refractivity contribution in [3.05, 3.63) is 29.3 Å². The molecule has 2 fully saturated rings. The molecule has 4 rings (SSSR count). The zero-order valence-electron chi connectivity index (χ0n) is 14.3. The quantitative estimate of drug-likeness (QED) is 0.873. The number of hydrogen-bond donors (Lipinski definition) is 1. The van der Waals surface area contributed by atoms with Crippen LogP contribution in [0.5, 0.6) is 5.75 Å². The largest absolute Gasteiger partial charge is 0.508 e. The molecule has 0 amide bonds. The Kier molecular flexibility index (Phi) is 7.23. The fraction of sp³-hybridized carbons (Fsp3) is 0.684. The van der Waals surface area contributed by atoms with Crippen molar-refractivity contribution in [2.45, 2.75) is 50.5 Å². The Morgan fingerprint density at radius 2 is 1.75 bits per heavy atom. The van der Waals surface area contributed by atoms with Crippen LogP contribution in [0, 0.1) is 0 Å². The van der Waals surface area contributed by atoms with Crippen LogP contribution in [0.2, 0.25) is 0 Å². The van der Waals surface area contributed by atoms with Gasteiger partial charge in [0.1, 0.15) is 5.75 Å². The van der Waals surface area contributed by atoms with Crippen LogP contribution < -0.4 is 0 Å². The number of piperidine rings is 1. The minimum atomic E-state index is 0. The summed E-state index contributed by atoms with van der Waals surface area (Å²) in [6.07, 6.45) is 7.72. The van der Waals surface area contributed by atoms with Crippen LogP contribution in [-0.2, 0) is 6.42 Å². The molecular weight excluding hydrogens is 343 g/mol. The Morgan fingerprint density at radius 3 is 2.54 bits per heavy atom. The van der Waals surface area contributed by atoms with Crippen molar-refractivity contribution in [1.82, 2.24) is 9.80 Å². The summed E-state index contributed by atoms with van der Waals surface area (Å²) in [5.41, 5.74) is 2.65. The predicted molar refractivity (Wildman–Crippen MR) is 104 cm³/mol. The van der Waals surface area contributed by atoms with E-state index < -0.39 is 0 Å². The molecule has 2 saturated heterocycles. The van der Waals surface area contributed by atoms with E-state index in [1.54, 1.807) is 0 Å². The third-order valence-electron chi connectivity index (χ3n) is 6.09. The van der Waals surface area contributed by atoms with Crippen molar-refractivity contribution in [2.75, 3.05) is 32.7 Å². The number of phenolic OH excluding ortho intramolecular Hbond substituents is 1. The van der Waals surface area contributed by atoms with Crippen LogP contribution in [0.4, 0.5) is 0 Å². The summed E-state index contributed by atoms with van der Waals surface area (Å²) in [6, 6.07) is 6.83. The number of benzene rings is 1. The van der Waals surface area contributed by atoms with Crippen LogP contribution in [0.3, 0.4) is 0 Å². The van der Waals surface area contributed by atoms with Gasteiger partial charge in [-0.1, -0.05) is 18.6 Å². The van der Waals surface area contributed by atoms with Crippen molar-refractivity contribution >= 4 is 24.8 Å². The Bertz CT molecular complexity index is 534. The smallest absolute Gasteiger partial charge is 0.119 e. The molecule has 1 aromatic carbocycles. The summed E-state index contributed by atoms with van der Waals surface area (Å²) in [6.45, 7) is 6.32. The lowest BCUT2D eigenvalue weighted by Crippen LogP contribution is -2.41. The molecule has 1 N–H and O–H groups in total. The van der Waals surface area contributed by atoms with Crippen LogP contribution in [0.1, 0.15) is 49.1 Å². The van der Waals surface area contributed by atoms with Crippen LogP contribution in [-0.4, -0.2) is 53.7 Å². The highest BCUT2D eigenvalue weighted by molar-refractivity contribution is 5.85. The SMILES string of the molecule is Cl.Cl.Oc1cccc2c1CC[C@@H]1[C@H]2CCN1CCN1CCCCC1. The maximum atomic E-state index is 10.1. The second-order valence-electron chi connectivity index (χ2n) is 7.28. The van der Waals surface area contributed by atoms with Gasteiger partial charge in [-0.25, -0.2) is 0 Å². The minimum absolute atomic E-state index is 0. The molecule has 2 atom stereocenters. The molecule has 1 aromatic rings. The number of rotatable bonds is 3. The molecule has 0 radical (unpaired) electrons. The molecule has 0 bridgehead atoms. The molecule has 0 aromatic heterocycles. The molecule has 0 unspecified atom stereocenters. The van der Waals surface area contributed by atoms with Gasteiger partial charge in [0.2, 0.25) is 0 Å². The molecular formula is C19H30Cl2N2O. The van der Waals surface area contributed by atoms with Crippen LogP contribution >= 0.6 is 24.8 Å². The van der Waals surface area contributed by atoms with Gasteiger partial charge < -0.3 is 10.0 Å². The number of likely N-dealkylation sites (tertiary alicyclic amines) is 2. The first-order valence-electron chi connectivity index (χ1n) is 9.10. The van der Waals surface area contributed by atoms with E-state index in [-0.39, 0.29) is 24.8 Å². The van der Waals surface area contributed by atoms with Gasteiger partial charge in [0.05, 0.1) is 0 Å². The van der Waals surface area contributed by atoms with Gasteiger partial charge >= 0.3 is 0 Å². The number of phenols is 1. The molecule has 0 saturated carbocycles. The van der Waals surface area contributed by atoms with Gasteiger partial charge in [-0.15, -0.1) is 24.8 Å². The summed E-state index contributed by atoms with van der Waals surface area (Å²) in [5.74, 6) is 1.17. The molecule has 2 heterocycles. The number of halogens is 2. The first-order valence-corrected chi connectivity index (χ1v) is 9.10. The Morgan fingerprint density at radius 1 is 0.958 bits per heavy atom. The third-order valence-corrected chi connectivity index (χ3v) is 6.09. The van der Waals surface area contributed by atoms with Gasteiger partial charge in [-0.2, -0.15) is 0 Å². The number of aromatic hydroxyl groups is 1. The summed E-state index contributed by atoms with van der Waals surface area (Å²) in [5, 5.41) is 10.1. The van der Waals surface area contributed by atoms with Gasteiger partial charge in [-0.3, -0.25) is 4.90 Å². The van der Waals surface area contributed by atoms with Gasteiger partial charge in [-0.05, 0) is 68.9 Å². The maximum absolute atomic E-state index is 10.1. The monoisotopic (exact) mass is 372 g/mol. The molecule has 3 nitrogen and oxygen atoms in total. The fourth-order valence-corrected chi connectivity index (χ4v) is 4.90. The number of nitrogens with zero attached hydrogens (tertiary/aromatic N) is 2. The van der Waals surface area contributed by atoms with E-state index in [4.69, 9.17) is 0 Å². The van der Waals surface area contributed by atoms with Crippen molar-refractivity contribution in [2.24, 2.45) is 0 Å². The van der Waals surface area contributed by atoms with Gasteiger partial charge in [0, 0.05) is 25.0 Å². The lowest BCUT2D eigenvalue weighted by molar-refractivity contribution is 0.164. The van der Waals surface area contributed by atoms with Gasteiger partial charge in [0.15, 0.2) is 0 Å². The second kappa shape index (κ2) is 8.75. The zero-order chi connectivity index (χ0) is 14.9. The van der Waals surface area contributed by atoms with E-state index in [0.717, 1.165) is 6.42 Å². The van der Waals surface area contributed by atoms with E-state index in [1.165, 1.54) is 76.0 Å². The van der Waals surface area contributed by atoms with Crippen molar-refractivity contribution in [3.63, 3.8) is 0 Å². The standard InChI is InChI=1S/C19H28N2O.2ClH/c22-19-6-4-5-15-16-9-12-21(18(16)8-7-17(15)19)14-13-20-10-2-1-3-11-20;;/h4-6,16,18,22H,1-3,7-14H2;2*1H/t16-,18+;;/m0../s1. The molecule has 24 heavy (non-hydrogen) atoms. The van der Waals surface area contributed by atoms with E-state index in [1.807, 2.05) is 12.1 Å². The fourth-order valence-electron chi connectivity index (χ4n) is 4.90. The highest BCUT2D eigenvalue weighted by Crippen LogP contribution is 2.43. The molecule has 136 valence electrons. The number of fused-ring (bicyclic) bond motifs is 3. The highest BCUT2D eigenvalue weighted by Gasteiger charge is 2.39. The lowest BCUT2D eigenvalue weighted by atomic mass is 9.79. The summed E-state index contributed by atoms with van der Waals surface area (Å²) in [4.78, 5) is 5.38. The van der Waals surface area contributed by atoms with Crippen molar-refractivity contribution in [3.8, 4) is 5.75 Å². The van der Waals surface area contributed by atoms with E-state index in [9.17, 15) is 5.11 Å². The maximum Gasteiger partial charge on any atom is 0.119 e. The van der Waals surface area contributed by atoms with E-state index in [0.29, 0.717) is 17.7 Å². The Hall–Kier alpha value is -0.480. The normalized spacial score (nSPS) is 26.8. The summed E-state index contributed by atoms with van der Waals surface area (Å²) < 4.78 is 0. The highest BCUT2D eigenvalue weighted by atomic mass is 35.5. The second-order valence-corrected chi connectivity index (χ2v) is 7.28. The van der Waals surface area contributed by atoms with E-state index >= 15 is 0 Å². The van der Waals surface area contributed by atoms with Gasteiger partial charge in [0.25, 0.3) is 0 Å². The lowest BCUT2D eigenvalue weighted by Gasteiger charge is -2.35. The van der Waals surface area contributed by atoms with E-state index in [2.05, 4.69) is 15.9 Å². The number of hydrogen-bond acceptors (Lipinski definition) is 3. The third kappa shape index (κ3) is 3.85. The summed E-state index contributed by atoms with van der Waals surface area (Å²) >= 11 is 0. The minimum Gasteiger partial charge on any atom is -0.508 e. The molecule has 5 heteroatoms. The molecule has 3 aliphatic rings. The first kappa shape index (κ1) is 19.8. The molecule has 1 aliphatic carbocycles. The first-order chi connectivity index (χ1) is 10.8.